The monoisotopic (exact) mass is 277 g/mol. The number of ether oxygens (including phenoxy) is 1. The number of aromatic nitrogens is 3. The largest absolute Gasteiger partial charge is 0.385 e. The highest BCUT2D eigenvalue weighted by Gasteiger charge is 2.42. The van der Waals surface area contributed by atoms with Crippen molar-refractivity contribution in [2.75, 3.05) is 13.7 Å². The van der Waals surface area contributed by atoms with E-state index >= 15 is 0 Å². The number of pyridine rings is 1. The van der Waals surface area contributed by atoms with Crippen LogP contribution in [0, 0.1) is 17.1 Å². The van der Waals surface area contributed by atoms with E-state index in [1.54, 1.807) is 7.11 Å². The number of nitrogens with one attached hydrogen (secondary N) is 1. The number of fused-ring (bicyclic) bond motifs is 1. The average Bonchev–Trinajstić information content (AvgIpc) is 3.08. The van der Waals surface area contributed by atoms with Crippen molar-refractivity contribution in [1.29, 1.82) is 0 Å². The summed E-state index contributed by atoms with van der Waals surface area (Å²) in [6.45, 7) is 3.81. The number of aryl methyl sites for hydroxylation is 1. The molecule has 102 valence electrons. The summed E-state index contributed by atoms with van der Waals surface area (Å²) < 4.78 is 8.13. The number of imidazole rings is 1. The molecule has 0 bridgehead atoms. The summed E-state index contributed by atoms with van der Waals surface area (Å²) >= 11 is 5.44. The number of aromatic amines is 1. The van der Waals surface area contributed by atoms with Crippen molar-refractivity contribution in [3.8, 4) is 0 Å². The fourth-order valence-electron chi connectivity index (χ4n) is 2.61. The third-order valence-corrected chi connectivity index (χ3v) is 4.36. The molecule has 3 rings (SSSR count). The zero-order valence-electron chi connectivity index (χ0n) is 11.4. The lowest BCUT2D eigenvalue weighted by atomic mass is 10.0. The highest BCUT2D eigenvalue weighted by atomic mass is 32.1. The van der Waals surface area contributed by atoms with Gasteiger partial charge < -0.3 is 14.3 Å². The second-order valence-electron chi connectivity index (χ2n) is 5.64. The Labute approximate surface area is 117 Å². The molecule has 0 aromatic carbocycles. The molecule has 1 aliphatic rings. The zero-order valence-corrected chi connectivity index (χ0v) is 12.2. The van der Waals surface area contributed by atoms with Crippen LogP contribution in [0.4, 0.5) is 0 Å². The summed E-state index contributed by atoms with van der Waals surface area (Å²) in [4.78, 5) is 7.79. The maximum absolute atomic E-state index is 5.44. The standard InChI is InChI=1S/C14H19N3OS/c1-10-7-11-12(15-8-10)17(13(19)16-11)9-14(3-4-14)5-6-18-2/h7-8H,3-6,9H2,1-2H3,(H,16,19). The molecule has 4 nitrogen and oxygen atoms in total. The lowest BCUT2D eigenvalue weighted by Crippen LogP contribution is -2.14. The molecule has 0 radical (unpaired) electrons. The molecule has 2 aromatic rings. The molecule has 0 saturated heterocycles. The molecule has 0 atom stereocenters. The zero-order chi connectivity index (χ0) is 13.5. The van der Waals surface area contributed by atoms with Gasteiger partial charge in [-0.2, -0.15) is 0 Å². The molecular formula is C14H19N3OS. The van der Waals surface area contributed by atoms with Gasteiger partial charge in [-0.05, 0) is 55.4 Å². The Hall–Kier alpha value is -1.20. The van der Waals surface area contributed by atoms with E-state index < -0.39 is 0 Å². The van der Waals surface area contributed by atoms with Crippen molar-refractivity contribution in [3.05, 3.63) is 22.6 Å². The second-order valence-corrected chi connectivity index (χ2v) is 6.03. The van der Waals surface area contributed by atoms with Crippen LogP contribution in [-0.4, -0.2) is 28.3 Å². The molecule has 5 heteroatoms. The van der Waals surface area contributed by atoms with Gasteiger partial charge in [-0.1, -0.05) is 0 Å². The smallest absolute Gasteiger partial charge is 0.179 e. The van der Waals surface area contributed by atoms with Gasteiger partial charge in [-0.3, -0.25) is 0 Å². The predicted molar refractivity (Wildman–Crippen MR) is 77.8 cm³/mol. The Morgan fingerprint density at radius 1 is 1.53 bits per heavy atom. The first-order chi connectivity index (χ1) is 9.13. The summed E-state index contributed by atoms with van der Waals surface area (Å²) in [5, 5.41) is 0. The van der Waals surface area contributed by atoms with Gasteiger partial charge in [-0.25, -0.2) is 4.98 Å². The molecule has 0 amide bonds. The Morgan fingerprint density at radius 3 is 3.00 bits per heavy atom. The van der Waals surface area contributed by atoms with Crippen LogP contribution in [0.25, 0.3) is 11.2 Å². The molecule has 1 fully saturated rings. The molecule has 19 heavy (non-hydrogen) atoms. The minimum atomic E-state index is 0.371. The van der Waals surface area contributed by atoms with Crippen LogP contribution in [0.3, 0.4) is 0 Å². The van der Waals surface area contributed by atoms with Crippen LogP contribution in [0.1, 0.15) is 24.8 Å². The summed E-state index contributed by atoms with van der Waals surface area (Å²) in [6, 6.07) is 2.10. The summed E-state index contributed by atoms with van der Waals surface area (Å²) in [5.74, 6) is 0. The maximum Gasteiger partial charge on any atom is 0.179 e. The van der Waals surface area contributed by atoms with E-state index in [-0.39, 0.29) is 0 Å². The van der Waals surface area contributed by atoms with Crippen molar-refractivity contribution < 1.29 is 4.74 Å². The minimum Gasteiger partial charge on any atom is -0.385 e. The molecule has 2 aromatic heterocycles. The van der Waals surface area contributed by atoms with Gasteiger partial charge >= 0.3 is 0 Å². The molecule has 2 heterocycles. The molecule has 1 N–H and O–H groups in total. The second kappa shape index (κ2) is 4.72. The number of rotatable bonds is 5. The third kappa shape index (κ3) is 2.44. The van der Waals surface area contributed by atoms with E-state index in [2.05, 4.69) is 20.6 Å². The van der Waals surface area contributed by atoms with Crippen molar-refractivity contribution in [2.24, 2.45) is 5.41 Å². The van der Waals surface area contributed by atoms with Crippen LogP contribution in [0.5, 0.6) is 0 Å². The summed E-state index contributed by atoms with van der Waals surface area (Å²) in [6.07, 6.45) is 5.52. The van der Waals surface area contributed by atoms with Crippen molar-refractivity contribution >= 4 is 23.4 Å². The Balaban J connectivity index is 1.93. The highest BCUT2D eigenvalue weighted by molar-refractivity contribution is 7.71. The first-order valence-corrected chi connectivity index (χ1v) is 7.08. The van der Waals surface area contributed by atoms with Gasteiger partial charge in [0.25, 0.3) is 0 Å². The van der Waals surface area contributed by atoms with E-state index in [4.69, 9.17) is 17.0 Å². The first kappa shape index (κ1) is 12.8. The fourth-order valence-corrected chi connectivity index (χ4v) is 2.87. The Morgan fingerprint density at radius 2 is 2.32 bits per heavy atom. The SMILES string of the molecule is COCCC1(Cn2c(=S)[nH]c3cc(C)cnc32)CC1. The minimum absolute atomic E-state index is 0.371. The lowest BCUT2D eigenvalue weighted by molar-refractivity contribution is 0.167. The molecule has 0 spiro atoms. The van der Waals surface area contributed by atoms with E-state index in [1.165, 1.54) is 12.8 Å². The third-order valence-electron chi connectivity index (χ3n) is 4.03. The van der Waals surface area contributed by atoms with Gasteiger partial charge in [0.1, 0.15) is 0 Å². The van der Waals surface area contributed by atoms with Gasteiger partial charge in [-0.15, -0.1) is 0 Å². The molecule has 0 unspecified atom stereocenters. The van der Waals surface area contributed by atoms with E-state index in [0.717, 1.165) is 41.1 Å². The van der Waals surface area contributed by atoms with Crippen molar-refractivity contribution in [2.45, 2.75) is 32.7 Å². The Bertz CT molecular complexity index is 654. The van der Waals surface area contributed by atoms with Crippen LogP contribution < -0.4 is 0 Å². The summed E-state index contributed by atoms with van der Waals surface area (Å²) in [5.41, 5.74) is 3.53. The van der Waals surface area contributed by atoms with Crippen LogP contribution in [0.15, 0.2) is 12.3 Å². The van der Waals surface area contributed by atoms with E-state index in [1.807, 2.05) is 13.1 Å². The van der Waals surface area contributed by atoms with Crippen LogP contribution in [0.2, 0.25) is 0 Å². The molecule has 1 aliphatic carbocycles. The average molecular weight is 277 g/mol. The van der Waals surface area contributed by atoms with Crippen molar-refractivity contribution in [1.82, 2.24) is 14.5 Å². The number of hydrogen-bond donors (Lipinski definition) is 1. The van der Waals surface area contributed by atoms with Crippen molar-refractivity contribution in [3.63, 3.8) is 0 Å². The molecule has 0 aliphatic heterocycles. The van der Waals surface area contributed by atoms with E-state index in [9.17, 15) is 0 Å². The normalized spacial score (nSPS) is 16.9. The number of nitrogens with zero attached hydrogens (tertiary/aromatic N) is 2. The predicted octanol–water partition coefficient (Wildman–Crippen LogP) is 3.22. The van der Waals surface area contributed by atoms with Crippen LogP contribution >= 0.6 is 12.2 Å². The number of methoxy groups -OCH3 is 1. The first-order valence-electron chi connectivity index (χ1n) is 6.68. The molecular weight excluding hydrogens is 258 g/mol. The quantitative estimate of drug-likeness (QED) is 0.853. The van der Waals surface area contributed by atoms with Gasteiger partial charge in [0.05, 0.1) is 5.52 Å². The topological polar surface area (TPSA) is 42.8 Å². The maximum atomic E-state index is 5.44. The fraction of sp³-hybridized carbons (Fsp3) is 0.571. The Kier molecular flexibility index (Phi) is 3.19. The number of hydrogen-bond acceptors (Lipinski definition) is 3. The number of H-pyrrole nitrogens is 1. The lowest BCUT2D eigenvalue weighted by Gasteiger charge is -2.15. The summed E-state index contributed by atoms with van der Waals surface area (Å²) in [7, 11) is 1.76. The van der Waals surface area contributed by atoms with Gasteiger partial charge in [0.15, 0.2) is 10.4 Å². The van der Waals surface area contributed by atoms with Crippen LogP contribution in [-0.2, 0) is 11.3 Å². The van der Waals surface area contributed by atoms with E-state index in [0.29, 0.717) is 5.41 Å². The highest BCUT2D eigenvalue weighted by Crippen LogP contribution is 2.50. The molecule has 1 saturated carbocycles. The van der Waals surface area contributed by atoms with Gasteiger partial charge in [0.2, 0.25) is 0 Å². The van der Waals surface area contributed by atoms with Gasteiger partial charge in [0, 0.05) is 26.5 Å².